The van der Waals surface area contributed by atoms with Crippen molar-refractivity contribution < 1.29 is 14.4 Å². The molecule has 0 aliphatic heterocycles. The third kappa shape index (κ3) is 17.8. The Morgan fingerprint density at radius 1 is 0.676 bits per heavy atom. The molecule has 8 heteroatoms. The predicted molar refractivity (Wildman–Crippen MR) is 141 cm³/mol. The zero-order chi connectivity index (χ0) is 26.7. The summed E-state index contributed by atoms with van der Waals surface area (Å²) < 4.78 is 0. The van der Waals surface area contributed by atoms with E-state index in [2.05, 4.69) is 47.4 Å². The van der Waals surface area contributed by atoms with Gasteiger partial charge in [0.2, 0.25) is 17.7 Å². The first-order valence-electron chi connectivity index (χ1n) is 12.7. The molecule has 0 aliphatic rings. The maximum atomic E-state index is 13.3. The quantitative estimate of drug-likeness (QED) is 0.259. The molecule has 8 nitrogen and oxygen atoms in total. The summed E-state index contributed by atoms with van der Waals surface area (Å²) in [7, 11) is 0. The summed E-state index contributed by atoms with van der Waals surface area (Å²) in [5, 5.41) is 15.6. The third-order valence-electron chi connectivity index (χ3n) is 4.74. The summed E-state index contributed by atoms with van der Waals surface area (Å²) in [6.45, 7) is 22.7. The van der Waals surface area contributed by atoms with Crippen LogP contribution in [0.4, 0.5) is 0 Å². The highest BCUT2D eigenvalue weighted by molar-refractivity contribution is 5.90. The Hall–Kier alpha value is -1.67. The first kappa shape index (κ1) is 32.3. The lowest BCUT2D eigenvalue weighted by atomic mass is 10.0. The van der Waals surface area contributed by atoms with E-state index >= 15 is 0 Å². The zero-order valence-corrected chi connectivity index (χ0v) is 23.7. The molecule has 0 spiro atoms. The van der Waals surface area contributed by atoms with Crippen LogP contribution in [-0.2, 0) is 14.4 Å². The lowest BCUT2D eigenvalue weighted by molar-refractivity contribution is -0.131. The maximum Gasteiger partial charge on any atom is 0.242 e. The zero-order valence-electron chi connectivity index (χ0n) is 23.7. The van der Waals surface area contributed by atoms with Crippen LogP contribution in [0.5, 0.6) is 0 Å². The van der Waals surface area contributed by atoms with Crippen LogP contribution in [0.2, 0.25) is 0 Å². The first-order valence-corrected chi connectivity index (χ1v) is 12.7. The van der Waals surface area contributed by atoms with Gasteiger partial charge in [0, 0.05) is 29.1 Å². The van der Waals surface area contributed by atoms with Crippen molar-refractivity contribution in [3.63, 3.8) is 0 Å². The van der Waals surface area contributed by atoms with Crippen LogP contribution in [0.15, 0.2) is 0 Å². The van der Waals surface area contributed by atoms with E-state index in [-0.39, 0.29) is 41.3 Å². The van der Waals surface area contributed by atoms with E-state index in [9.17, 15) is 14.4 Å². The number of carbonyl (C=O) groups is 3. The Balaban J connectivity index is 5.29. The van der Waals surface area contributed by atoms with Gasteiger partial charge in [-0.1, -0.05) is 0 Å². The van der Waals surface area contributed by atoms with Gasteiger partial charge in [-0.15, -0.1) is 0 Å². The molecule has 0 aliphatic carbocycles. The van der Waals surface area contributed by atoms with Crippen LogP contribution in [0.25, 0.3) is 0 Å². The molecule has 5 N–H and O–H groups in total. The van der Waals surface area contributed by atoms with Gasteiger partial charge in [0.15, 0.2) is 0 Å². The SMILES string of the molecule is CC(C)NC(=O)CCC(NC(C)(C)C)C(=O)NC(CCCCNC(C)(C)C)C(=O)NC(C)(C)C. The molecule has 0 rings (SSSR count). The number of hydrogen-bond donors (Lipinski definition) is 5. The molecule has 0 radical (unpaired) electrons. The van der Waals surface area contributed by atoms with Gasteiger partial charge in [-0.2, -0.15) is 0 Å². The molecule has 0 saturated heterocycles. The summed E-state index contributed by atoms with van der Waals surface area (Å²) in [4.78, 5) is 38.4. The molecule has 0 aromatic carbocycles. The second-order valence-electron chi connectivity index (χ2n) is 12.7. The van der Waals surface area contributed by atoms with E-state index in [4.69, 9.17) is 0 Å². The lowest BCUT2D eigenvalue weighted by Gasteiger charge is -2.30. The molecule has 0 bridgehead atoms. The molecule has 2 atom stereocenters. The number of nitrogens with one attached hydrogen (secondary N) is 5. The van der Waals surface area contributed by atoms with Crippen molar-refractivity contribution in [2.75, 3.05) is 6.54 Å². The summed E-state index contributed by atoms with van der Waals surface area (Å²) in [6, 6.07) is -1.16. The monoisotopic (exact) mass is 483 g/mol. The molecule has 2 unspecified atom stereocenters. The second kappa shape index (κ2) is 14.0. The van der Waals surface area contributed by atoms with Gasteiger partial charge in [-0.3, -0.25) is 14.4 Å². The van der Waals surface area contributed by atoms with Crippen molar-refractivity contribution in [3.05, 3.63) is 0 Å². The number of unbranched alkanes of at least 4 members (excludes halogenated alkanes) is 1. The minimum atomic E-state index is -0.630. The van der Waals surface area contributed by atoms with E-state index in [0.717, 1.165) is 19.4 Å². The molecule has 200 valence electrons. The standard InChI is InChI=1S/C26H53N5O3/c1-18(2)28-21(32)16-15-20(30-25(6,7)8)22(33)29-19(23(34)31-26(9,10)11)14-12-13-17-27-24(3,4)5/h18-20,27,30H,12-17H2,1-11H3,(H,28,32)(H,29,33)(H,31,34). The summed E-state index contributed by atoms with van der Waals surface area (Å²) in [6.07, 6.45) is 2.85. The van der Waals surface area contributed by atoms with Crippen LogP contribution < -0.4 is 26.6 Å². The molecular weight excluding hydrogens is 430 g/mol. The molecular formula is C26H53N5O3. The second-order valence-corrected chi connectivity index (χ2v) is 12.7. The van der Waals surface area contributed by atoms with Gasteiger partial charge >= 0.3 is 0 Å². The topological polar surface area (TPSA) is 111 Å². The molecule has 3 amide bonds. The van der Waals surface area contributed by atoms with E-state index in [1.165, 1.54) is 0 Å². The smallest absolute Gasteiger partial charge is 0.242 e. The largest absolute Gasteiger partial charge is 0.354 e. The van der Waals surface area contributed by atoms with Gasteiger partial charge in [0.05, 0.1) is 6.04 Å². The number of amides is 3. The van der Waals surface area contributed by atoms with Gasteiger partial charge < -0.3 is 26.6 Å². The van der Waals surface area contributed by atoms with Crippen molar-refractivity contribution in [1.29, 1.82) is 0 Å². The summed E-state index contributed by atoms with van der Waals surface area (Å²) in [5.74, 6) is -0.525. The molecule has 0 heterocycles. The maximum absolute atomic E-state index is 13.3. The highest BCUT2D eigenvalue weighted by Crippen LogP contribution is 2.10. The summed E-state index contributed by atoms with van der Waals surface area (Å²) in [5.41, 5.74) is -0.672. The normalized spacial score (nSPS) is 14.5. The van der Waals surface area contributed by atoms with Crippen LogP contribution in [-0.4, -0.2) is 59.0 Å². The average Bonchev–Trinajstić information content (AvgIpc) is 2.59. The lowest BCUT2D eigenvalue weighted by Crippen LogP contribution is -2.57. The highest BCUT2D eigenvalue weighted by Gasteiger charge is 2.29. The van der Waals surface area contributed by atoms with E-state index in [1.807, 2.05) is 55.4 Å². The van der Waals surface area contributed by atoms with Crippen LogP contribution >= 0.6 is 0 Å². The van der Waals surface area contributed by atoms with Crippen molar-refractivity contribution in [2.24, 2.45) is 0 Å². The minimum absolute atomic E-state index is 0.0466. The van der Waals surface area contributed by atoms with E-state index in [1.54, 1.807) is 0 Å². The Bertz CT molecular complexity index is 642. The van der Waals surface area contributed by atoms with Gasteiger partial charge in [0.1, 0.15) is 6.04 Å². The fourth-order valence-corrected chi connectivity index (χ4v) is 3.40. The Kier molecular flexibility index (Phi) is 13.3. The van der Waals surface area contributed by atoms with Gasteiger partial charge in [-0.05, 0) is 108 Å². The fraction of sp³-hybridized carbons (Fsp3) is 0.885. The Labute approximate surface area is 208 Å². The molecule has 0 saturated carbocycles. The van der Waals surface area contributed by atoms with Gasteiger partial charge in [-0.25, -0.2) is 0 Å². The first-order chi connectivity index (χ1) is 15.3. The molecule has 0 fully saturated rings. The number of carbonyl (C=O) groups excluding carboxylic acids is 3. The Morgan fingerprint density at radius 2 is 1.26 bits per heavy atom. The van der Waals surface area contributed by atoms with Crippen LogP contribution in [0, 0.1) is 0 Å². The molecule has 0 aromatic rings. The molecule has 34 heavy (non-hydrogen) atoms. The number of hydrogen-bond acceptors (Lipinski definition) is 5. The Morgan fingerprint density at radius 3 is 1.74 bits per heavy atom. The van der Waals surface area contributed by atoms with E-state index in [0.29, 0.717) is 12.8 Å². The van der Waals surface area contributed by atoms with Crippen LogP contribution in [0.1, 0.15) is 108 Å². The van der Waals surface area contributed by atoms with Crippen molar-refractivity contribution in [1.82, 2.24) is 26.6 Å². The predicted octanol–water partition coefficient (Wildman–Crippen LogP) is 3.01. The van der Waals surface area contributed by atoms with Crippen molar-refractivity contribution in [3.8, 4) is 0 Å². The van der Waals surface area contributed by atoms with Crippen LogP contribution in [0.3, 0.4) is 0 Å². The third-order valence-corrected chi connectivity index (χ3v) is 4.74. The fourth-order valence-electron chi connectivity index (χ4n) is 3.40. The minimum Gasteiger partial charge on any atom is -0.354 e. The summed E-state index contributed by atoms with van der Waals surface area (Å²) >= 11 is 0. The average molecular weight is 484 g/mol. The number of rotatable bonds is 13. The van der Waals surface area contributed by atoms with Crippen molar-refractivity contribution >= 4 is 17.7 Å². The van der Waals surface area contributed by atoms with E-state index < -0.39 is 17.6 Å². The van der Waals surface area contributed by atoms with Gasteiger partial charge in [0.25, 0.3) is 0 Å². The van der Waals surface area contributed by atoms with Crippen molar-refractivity contribution in [2.45, 2.75) is 143 Å². The highest BCUT2D eigenvalue weighted by atomic mass is 16.2. The molecule has 0 aromatic heterocycles.